The van der Waals surface area contributed by atoms with Gasteiger partial charge >= 0.3 is 5.97 Å². The van der Waals surface area contributed by atoms with Crippen molar-refractivity contribution >= 4 is 5.97 Å². The maximum absolute atomic E-state index is 11.9. The molecule has 1 atom stereocenters. The molecule has 0 saturated carbocycles. The molecule has 0 fully saturated rings. The first-order valence-corrected chi connectivity index (χ1v) is 7.98. The second-order valence-corrected chi connectivity index (χ2v) is 5.64. The smallest absolute Gasteiger partial charge is 0.311 e. The number of nitriles is 1. The predicted octanol–water partition coefficient (Wildman–Crippen LogP) is 1.93. The zero-order chi connectivity index (χ0) is 17.8. The Morgan fingerprint density at radius 1 is 1.44 bits per heavy atom. The molecule has 25 heavy (non-hydrogen) atoms. The van der Waals surface area contributed by atoms with Crippen molar-refractivity contribution < 1.29 is 14.3 Å². The van der Waals surface area contributed by atoms with Gasteiger partial charge in [-0.3, -0.25) is 9.89 Å². The van der Waals surface area contributed by atoms with E-state index in [1.807, 2.05) is 30.3 Å². The summed E-state index contributed by atoms with van der Waals surface area (Å²) in [5.41, 5.74) is 8.54. The fourth-order valence-electron chi connectivity index (χ4n) is 2.96. The van der Waals surface area contributed by atoms with Crippen LogP contribution in [-0.2, 0) is 22.4 Å². The zero-order valence-corrected chi connectivity index (χ0v) is 13.8. The predicted molar refractivity (Wildman–Crippen MR) is 89.3 cm³/mol. The average Bonchev–Trinajstić information content (AvgIpc) is 2.98. The van der Waals surface area contributed by atoms with Crippen molar-refractivity contribution in [2.75, 3.05) is 6.61 Å². The first kappa shape index (κ1) is 16.6. The number of carbonyl (C=O) groups excluding carboxylic acids is 1. The van der Waals surface area contributed by atoms with Gasteiger partial charge in [-0.15, -0.1) is 5.10 Å². The van der Waals surface area contributed by atoms with Crippen LogP contribution < -0.4 is 10.5 Å². The monoisotopic (exact) mass is 338 g/mol. The van der Waals surface area contributed by atoms with Crippen LogP contribution >= 0.6 is 0 Å². The van der Waals surface area contributed by atoms with Crippen LogP contribution in [0.4, 0.5) is 0 Å². The highest BCUT2D eigenvalue weighted by atomic mass is 16.5. The van der Waals surface area contributed by atoms with Gasteiger partial charge in [0.25, 0.3) is 0 Å². The van der Waals surface area contributed by atoms with Gasteiger partial charge in [0.15, 0.2) is 0 Å². The summed E-state index contributed by atoms with van der Waals surface area (Å²) >= 11 is 0. The van der Waals surface area contributed by atoms with Crippen LogP contribution in [0.2, 0.25) is 0 Å². The standard InChI is InChI=1S/C18H18N4O3/c1-2-24-15(23)9-14-16-12(8-11-6-4-3-5-7-11)13(10-19)17(20)25-18(16)22-21-14/h3-7,12H,2,8-9,20H2,1H3,(H,21,22)/t12-/m1/s1. The molecule has 7 nitrogen and oxygen atoms in total. The van der Waals surface area contributed by atoms with E-state index < -0.39 is 0 Å². The van der Waals surface area contributed by atoms with Crippen LogP contribution in [0.3, 0.4) is 0 Å². The molecular formula is C18H18N4O3. The maximum Gasteiger partial charge on any atom is 0.311 e. The van der Waals surface area contributed by atoms with E-state index in [0.717, 1.165) is 5.56 Å². The third-order valence-electron chi connectivity index (χ3n) is 4.05. The van der Waals surface area contributed by atoms with Gasteiger partial charge in [0.05, 0.1) is 24.3 Å². The number of aromatic nitrogens is 2. The SMILES string of the molecule is CCOC(=O)Cc1[nH]nc2c1[C@H](Cc1ccccc1)C(C#N)=C(N)O2. The lowest BCUT2D eigenvalue weighted by Crippen LogP contribution is -2.22. The Labute approximate surface area is 145 Å². The fraction of sp³-hybridized carbons (Fsp3) is 0.278. The highest BCUT2D eigenvalue weighted by Crippen LogP contribution is 2.40. The summed E-state index contributed by atoms with van der Waals surface area (Å²) in [6.45, 7) is 2.05. The van der Waals surface area contributed by atoms with Crippen LogP contribution in [0.15, 0.2) is 41.8 Å². The third kappa shape index (κ3) is 3.33. The van der Waals surface area contributed by atoms with Crippen molar-refractivity contribution in [3.8, 4) is 11.9 Å². The van der Waals surface area contributed by atoms with E-state index in [1.165, 1.54) is 0 Å². The van der Waals surface area contributed by atoms with E-state index in [4.69, 9.17) is 15.2 Å². The van der Waals surface area contributed by atoms with Gasteiger partial charge in [-0.25, -0.2) is 0 Å². The molecule has 1 aliphatic heterocycles. The summed E-state index contributed by atoms with van der Waals surface area (Å²) in [5, 5.41) is 16.5. The number of hydrogen-bond acceptors (Lipinski definition) is 6. The van der Waals surface area contributed by atoms with Gasteiger partial charge < -0.3 is 15.2 Å². The summed E-state index contributed by atoms with van der Waals surface area (Å²) in [4.78, 5) is 11.9. The molecule has 0 unspecified atom stereocenters. The Hall–Kier alpha value is -3.27. The number of fused-ring (bicyclic) bond motifs is 1. The summed E-state index contributed by atoms with van der Waals surface area (Å²) in [5.74, 6) is -0.352. The third-order valence-corrected chi connectivity index (χ3v) is 4.05. The van der Waals surface area contributed by atoms with E-state index >= 15 is 0 Å². The lowest BCUT2D eigenvalue weighted by molar-refractivity contribution is -0.142. The molecule has 1 aliphatic rings. The molecule has 1 aromatic heterocycles. The maximum atomic E-state index is 11.9. The molecule has 7 heteroatoms. The number of hydrogen-bond donors (Lipinski definition) is 2. The minimum atomic E-state index is -0.367. The highest BCUT2D eigenvalue weighted by molar-refractivity contribution is 5.73. The Bertz CT molecular complexity index is 849. The van der Waals surface area contributed by atoms with Gasteiger partial charge in [-0.2, -0.15) is 5.26 Å². The lowest BCUT2D eigenvalue weighted by Gasteiger charge is -2.23. The van der Waals surface area contributed by atoms with Crippen LogP contribution in [0.5, 0.6) is 5.88 Å². The van der Waals surface area contributed by atoms with Crippen LogP contribution in [-0.4, -0.2) is 22.8 Å². The Morgan fingerprint density at radius 2 is 2.20 bits per heavy atom. The molecule has 3 rings (SSSR count). The number of esters is 1. The quantitative estimate of drug-likeness (QED) is 0.805. The number of allylic oxidation sites excluding steroid dienone is 1. The molecule has 2 aromatic rings. The number of nitrogens with two attached hydrogens (primary N) is 1. The molecule has 1 aromatic carbocycles. The number of nitrogens with zero attached hydrogens (tertiary/aromatic N) is 2. The fourth-order valence-corrected chi connectivity index (χ4v) is 2.96. The number of nitrogens with one attached hydrogen (secondary N) is 1. The molecule has 0 radical (unpaired) electrons. The van der Waals surface area contributed by atoms with Crippen LogP contribution in [0.1, 0.15) is 29.7 Å². The van der Waals surface area contributed by atoms with Crippen LogP contribution in [0.25, 0.3) is 0 Å². The lowest BCUT2D eigenvalue weighted by atomic mass is 9.84. The van der Waals surface area contributed by atoms with Crippen LogP contribution in [0, 0.1) is 11.3 Å². The summed E-state index contributed by atoms with van der Waals surface area (Å²) in [7, 11) is 0. The van der Waals surface area contributed by atoms with Crippen molar-refractivity contribution in [1.29, 1.82) is 5.26 Å². The number of benzene rings is 1. The Balaban J connectivity index is 1.99. The largest absolute Gasteiger partial charge is 0.466 e. The second-order valence-electron chi connectivity index (χ2n) is 5.64. The first-order valence-electron chi connectivity index (χ1n) is 7.98. The van der Waals surface area contributed by atoms with Gasteiger partial charge in [-0.05, 0) is 18.9 Å². The summed E-state index contributed by atoms with van der Waals surface area (Å²) < 4.78 is 10.5. The van der Waals surface area contributed by atoms with E-state index in [9.17, 15) is 10.1 Å². The normalized spacial score (nSPS) is 15.9. The molecule has 0 aliphatic carbocycles. The minimum Gasteiger partial charge on any atom is -0.466 e. The number of aromatic amines is 1. The van der Waals surface area contributed by atoms with Crippen molar-refractivity contribution in [2.24, 2.45) is 5.73 Å². The average molecular weight is 338 g/mol. The minimum absolute atomic E-state index is 0.0312. The topological polar surface area (TPSA) is 114 Å². The second kappa shape index (κ2) is 7.09. The van der Waals surface area contributed by atoms with Gasteiger partial charge in [0.2, 0.25) is 11.8 Å². The van der Waals surface area contributed by atoms with Gasteiger partial charge in [-0.1, -0.05) is 30.3 Å². The molecule has 0 spiro atoms. The number of ether oxygens (including phenoxy) is 2. The van der Waals surface area contributed by atoms with Gasteiger partial charge in [0, 0.05) is 11.5 Å². The number of rotatable bonds is 5. The van der Waals surface area contributed by atoms with Gasteiger partial charge in [0.1, 0.15) is 6.07 Å². The molecule has 2 heterocycles. The molecule has 0 saturated heterocycles. The van der Waals surface area contributed by atoms with Crippen molar-refractivity contribution in [3.05, 3.63) is 58.6 Å². The van der Waals surface area contributed by atoms with Crippen molar-refractivity contribution in [3.63, 3.8) is 0 Å². The summed E-state index contributed by atoms with van der Waals surface area (Å²) in [6, 6.07) is 11.9. The van der Waals surface area contributed by atoms with E-state index in [0.29, 0.717) is 35.7 Å². The Kier molecular flexibility index (Phi) is 4.70. The van der Waals surface area contributed by atoms with Crippen molar-refractivity contribution in [1.82, 2.24) is 10.2 Å². The molecule has 0 amide bonds. The zero-order valence-electron chi connectivity index (χ0n) is 13.8. The Morgan fingerprint density at radius 3 is 2.88 bits per heavy atom. The van der Waals surface area contributed by atoms with E-state index in [-0.39, 0.29) is 24.2 Å². The molecule has 3 N–H and O–H groups in total. The molecule has 128 valence electrons. The highest BCUT2D eigenvalue weighted by Gasteiger charge is 2.34. The molecule has 0 bridgehead atoms. The summed E-state index contributed by atoms with van der Waals surface area (Å²) in [6.07, 6.45) is 0.583. The molecular weight excluding hydrogens is 320 g/mol. The number of H-pyrrole nitrogens is 1. The van der Waals surface area contributed by atoms with Crippen molar-refractivity contribution in [2.45, 2.75) is 25.7 Å². The van der Waals surface area contributed by atoms with E-state index in [2.05, 4.69) is 16.3 Å². The van der Waals surface area contributed by atoms with E-state index in [1.54, 1.807) is 6.92 Å². The first-order chi connectivity index (χ1) is 12.1. The number of carbonyl (C=O) groups is 1.